The largest absolute Gasteiger partial charge is 0.352 e. The molecule has 4 unspecified atom stereocenters. The Morgan fingerprint density at radius 1 is 1.32 bits per heavy atom. The number of carbonyl (C=O) groups is 1. The number of benzene rings is 1. The predicted molar refractivity (Wildman–Crippen MR) is 94.9 cm³/mol. The first-order chi connectivity index (χ1) is 10.6. The quantitative estimate of drug-likeness (QED) is 0.843. The minimum Gasteiger partial charge on any atom is -0.352 e. The fourth-order valence-corrected chi connectivity index (χ4v) is 4.31. The van der Waals surface area contributed by atoms with E-state index in [0.717, 1.165) is 17.7 Å². The van der Waals surface area contributed by atoms with Gasteiger partial charge in [0.05, 0.1) is 5.92 Å². The molecule has 4 atom stereocenters. The first-order valence-corrected chi connectivity index (χ1v) is 9.40. The molecule has 1 aromatic rings. The Morgan fingerprint density at radius 2 is 2.00 bits per heavy atom. The summed E-state index contributed by atoms with van der Waals surface area (Å²) in [6.45, 7) is 4.11. The number of nitrogens with one attached hydrogen (secondary N) is 1. The first-order valence-electron chi connectivity index (χ1n) is 8.36. The molecule has 1 amide bonds. The number of carbonyl (C=O) groups excluding carboxylic acids is 1. The van der Waals surface area contributed by atoms with Crippen LogP contribution >= 0.6 is 11.8 Å². The van der Waals surface area contributed by atoms with Gasteiger partial charge in [0.1, 0.15) is 0 Å². The second kappa shape index (κ2) is 8.59. The molecule has 1 aliphatic carbocycles. The molecule has 2 rings (SSSR count). The predicted octanol–water partition coefficient (Wildman–Crippen LogP) is 3.50. The molecule has 1 fully saturated rings. The molecule has 0 aromatic heterocycles. The van der Waals surface area contributed by atoms with Crippen molar-refractivity contribution in [3.63, 3.8) is 0 Å². The van der Waals surface area contributed by atoms with Crippen molar-refractivity contribution in [3.05, 3.63) is 35.9 Å². The molecule has 1 aliphatic rings. The Bertz CT molecular complexity index is 463. The highest BCUT2D eigenvalue weighted by Crippen LogP contribution is 2.29. The van der Waals surface area contributed by atoms with Crippen molar-refractivity contribution < 1.29 is 4.79 Å². The van der Waals surface area contributed by atoms with Crippen LogP contribution in [0.5, 0.6) is 0 Å². The van der Waals surface area contributed by atoms with Crippen LogP contribution in [0.1, 0.15) is 51.1 Å². The summed E-state index contributed by atoms with van der Waals surface area (Å²) >= 11 is 1.97. The van der Waals surface area contributed by atoms with Crippen LogP contribution in [0, 0.1) is 5.92 Å². The lowest BCUT2D eigenvalue weighted by molar-refractivity contribution is -0.126. The van der Waals surface area contributed by atoms with Gasteiger partial charge in [-0.05, 0) is 24.2 Å². The van der Waals surface area contributed by atoms with E-state index in [0.29, 0.717) is 11.3 Å². The van der Waals surface area contributed by atoms with E-state index in [4.69, 9.17) is 5.73 Å². The van der Waals surface area contributed by atoms with E-state index in [-0.39, 0.29) is 17.9 Å². The van der Waals surface area contributed by atoms with Crippen LogP contribution in [0.15, 0.2) is 30.3 Å². The summed E-state index contributed by atoms with van der Waals surface area (Å²) in [4.78, 5) is 12.6. The lowest BCUT2D eigenvalue weighted by Gasteiger charge is -2.33. The van der Waals surface area contributed by atoms with E-state index >= 15 is 0 Å². The number of hydrogen-bond acceptors (Lipinski definition) is 3. The van der Waals surface area contributed by atoms with Crippen LogP contribution in [-0.2, 0) is 4.79 Å². The molecule has 0 bridgehead atoms. The smallest absolute Gasteiger partial charge is 0.224 e. The van der Waals surface area contributed by atoms with Crippen LogP contribution in [0.4, 0.5) is 0 Å². The molecule has 3 nitrogen and oxygen atoms in total. The number of nitrogens with two attached hydrogens (primary N) is 1. The zero-order valence-electron chi connectivity index (χ0n) is 13.6. The van der Waals surface area contributed by atoms with Crippen molar-refractivity contribution in [1.29, 1.82) is 0 Å². The van der Waals surface area contributed by atoms with E-state index in [1.807, 2.05) is 49.0 Å². The highest BCUT2D eigenvalue weighted by Gasteiger charge is 2.29. The van der Waals surface area contributed by atoms with Crippen molar-refractivity contribution in [1.82, 2.24) is 5.32 Å². The summed E-state index contributed by atoms with van der Waals surface area (Å²) < 4.78 is 0. The Morgan fingerprint density at radius 3 is 2.68 bits per heavy atom. The molecule has 3 N–H and O–H groups in total. The van der Waals surface area contributed by atoms with Gasteiger partial charge in [0, 0.05) is 17.3 Å². The topological polar surface area (TPSA) is 55.1 Å². The van der Waals surface area contributed by atoms with Gasteiger partial charge in [-0.25, -0.2) is 0 Å². The first kappa shape index (κ1) is 17.4. The maximum absolute atomic E-state index is 12.6. The fourth-order valence-electron chi connectivity index (χ4n) is 3.12. The standard InChI is InChI=1S/C18H28N2OS/c1-3-22-16-12-8-7-11-15(16)20-18(21)13(2)17(19)14-9-5-4-6-10-14/h4-6,9-10,13,15-17H,3,7-8,11-12,19H2,1-2H3,(H,20,21). The van der Waals surface area contributed by atoms with Crippen LogP contribution in [0.25, 0.3) is 0 Å². The van der Waals surface area contributed by atoms with Crippen molar-refractivity contribution in [2.24, 2.45) is 11.7 Å². The molecule has 22 heavy (non-hydrogen) atoms. The van der Waals surface area contributed by atoms with E-state index in [1.54, 1.807) is 0 Å². The zero-order chi connectivity index (χ0) is 15.9. The van der Waals surface area contributed by atoms with Gasteiger partial charge in [0.15, 0.2) is 0 Å². The third-order valence-corrected chi connectivity index (χ3v) is 5.87. The van der Waals surface area contributed by atoms with Gasteiger partial charge >= 0.3 is 0 Å². The lowest BCUT2D eigenvalue weighted by atomic mass is 9.91. The van der Waals surface area contributed by atoms with Crippen LogP contribution < -0.4 is 11.1 Å². The number of thioether (sulfide) groups is 1. The summed E-state index contributed by atoms with van der Waals surface area (Å²) in [6, 6.07) is 9.94. The van der Waals surface area contributed by atoms with E-state index < -0.39 is 0 Å². The number of amides is 1. The molecule has 4 heteroatoms. The van der Waals surface area contributed by atoms with Gasteiger partial charge in [0.25, 0.3) is 0 Å². The third kappa shape index (κ3) is 4.50. The Labute approximate surface area is 138 Å². The molecule has 0 aliphatic heterocycles. The SMILES string of the molecule is CCSC1CCCCC1NC(=O)C(C)C(N)c1ccccc1. The maximum Gasteiger partial charge on any atom is 0.224 e. The molecule has 0 heterocycles. The maximum atomic E-state index is 12.6. The van der Waals surface area contributed by atoms with Crippen LogP contribution in [0.3, 0.4) is 0 Å². The van der Waals surface area contributed by atoms with Gasteiger partial charge in [-0.2, -0.15) is 11.8 Å². The normalized spacial score (nSPS) is 24.5. The molecule has 1 saturated carbocycles. The van der Waals surface area contributed by atoms with Crippen molar-refractivity contribution in [2.75, 3.05) is 5.75 Å². The van der Waals surface area contributed by atoms with Crippen LogP contribution in [-0.4, -0.2) is 23.0 Å². The number of hydrogen-bond donors (Lipinski definition) is 2. The monoisotopic (exact) mass is 320 g/mol. The molecule has 0 saturated heterocycles. The van der Waals surface area contributed by atoms with Gasteiger partial charge in [-0.15, -0.1) is 0 Å². The second-order valence-electron chi connectivity index (χ2n) is 6.12. The van der Waals surface area contributed by atoms with Crippen molar-refractivity contribution in [2.45, 2.75) is 56.9 Å². The average Bonchev–Trinajstić information content (AvgIpc) is 2.56. The Kier molecular flexibility index (Phi) is 6.77. The summed E-state index contributed by atoms with van der Waals surface area (Å²) in [5.41, 5.74) is 7.29. The summed E-state index contributed by atoms with van der Waals surface area (Å²) in [5, 5.41) is 3.82. The van der Waals surface area contributed by atoms with Gasteiger partial charge in [0.2, 0.25) is 5.91 Å². The highest BCUT2D eigenvalue weighted by atomic mass is 32.2. The fraction of sp³-hybridized carbons (Fsp3) is 0.611. The zero-order valence-corrected chi connectivity index (χ0v) is 14.4. The van der Waals surface area contributed by atoms with Gasteiger partial charge in [-0.1, -0.05) is 57.0 Å². The third-order valence-electron chi connectivity index (χ3n) is 4.55. The molecular weight excluding hydrogens is 292 g/mol. The van der Waals surface area contributed by atoms with Crippen molar-refractivity contribution >= 4 is 17.7 Å². The van der Waals surface area contributed by atoms with E-state index in [1.165, 1.54) is 19.3 Å². The molecule has 1 aromatic carbocycles. The number of rotatable bonds is 6. The van der Waals surface area contributed by atoms with E-state index in [9.17, 15) is 4.79 Å². The van der Waals surface area contributed by atoms with Gasteiger partial charge < -0.3 is 11.1 Å². The summed E-state index contributed by atoms with van der Waals surface area (Å²) in [5.74, 6) is 0.984. The summed E-state index contributed by atoms with van der Waals surface area (Å²) in [7, 11) is 0. The van der Waals surface area contributed by atoms with Crippen LogP contribution in [0.2, 0.25) is 0 Å². The summed E-state index contributed by atoms with van der Waals surface area (Å²) in [6.07, 6.45) is 4.80. The second-order valence-corrected chi connectivity index (χ2v) is 7.63. The molecule has 0 radical (unpaired) electrons. The highest BCUT2D eigenvalue weighted by molar-refractivity contribution is 7.99. The van der Waals surface area contributed by atoms with E-state index in [2.05, 4.69) is 12.2 Å². The minimum absolute atomic E-state index is 0.0879. The van der Waals surface area contributed by atoms with Crippen molar-refractivity contribution in [3.8, 4) is 0 Å². The molecule has 122 valence electrons. The molecular formula is C18H28N2OS. The minimum atomic E-state index is -0.248. The lowest BCUT2D eigenvalue weighted by Crippen LogP contribution is -2.47. The Hall–Kier alpha value is -1.00. The Balaban J connectivity index is 1.95. The average molecular weight is 321 g/mol. The van der Waals surface area contributed by atoms with Gasteiger partial charge in [-0.3, -0.25) is 4.79 Å². The molecule has 0 spiro atoms.